The van der Waals surface area contributed by atoms with Crippen LogP contribution in [0.2, 0.25) is 0 Å². The molecule has 0 unspecified atom stereocenters. The number of hydrogen-bond donors (Lipinski definition) is 1. The summed E-state index contributed by atoms with van der Waals surface area (Å²) < 4.78 is 0.896. The fourth-order valence-corrected chi connectivity index (χ4v) is 0.866. The molecule has 11 heavy (non-hydrogen) atoms. The first-order chi connectivity index (χ1) is 5.29. The molecule has 0 fully saturated rings. The van der Waals surface area contributed by atoms with E-state index in [2.05, 4.69) is 5.43 Å². The molecule has 0 heterocycles. The first-order valence-corrected chi connectivity index (χ1v) is 3.86. The zero-order valence-corrected chi connectivity index (χ0v) is 7.31. The van der Waals surface area contributed by atoms with Crippen LogP contribution < -0.4 is 5.43 Å². The molecule has 0 aliphatic carbocycles. The quantitative estimate of drug-likeness (QED) is 0.582. The van der Waals surface area contributed by atoms with Crippen molar-refractivity contribution in [3.8, 4) is 0 Å². The Morgan fingerprint density at radius 1 is 1.18 bits per heavy atom. The third kappa shape index (κ3) is 3.58. The van der Waals surface area contributed by atoms with Gasteiger partial charge in [-0.05, 0) is 5.56 Å². The molecule has 0 amide bonds. The molecule has 2 nitrogen and oxygen atoms in total. The van der Waals surface area contributed by atoms with Gasteiger partial charge < -0.3 is 0 Å². The lowest BCUT2D eigenvalue weighted by Gasteiger charge is -2.05. The van der Waals surface area contributed by atoms with E-state index in [9.17, 15) is 0 Å². The van der Waals surface area contributed by atoms with Crippen LogP contribution in [0, 0.1) is 0 Å². The third-order valence-electron chi connectivity index (χ3n) is 1.25. The van der Waals surface area contributed by atoms with Crippen molar-refractivity contribution in [2.75, 3.05) is 0 Å². The maximum absolute atomic E-state index is 5.32. The molecular formula is C7H8Cl2N2. The van der Waals surface area contributed by atoms with Gasteiger partial charge in [0.1, 0.15) is 0 Å². The number of hydrazine groups is 1. The second-order valence-corrected chi connectivity index (χ2v) is 2.90. The van der Waals surface area contributed by atoms with Gasteiger partial charge in [-0.1, -0.05) is 34.4 Å². The fraction of sp³-hybridized carbons (Fsp3) is 0.143. The standard InChI is InChI=1S/C7H8Cl2N2/c8-11(9)10-6-7-4-2-1-3-5-7/h1-5,10H,6H2. The molecule has 0 aliphatic rings. The van der Waals surface area contributed by atoms with Gasteiger partial charge in [0.15, 0.2) is 0 Å². The fourth-order valence-electron chi connectivity index (χ4n) is 0.747. The zero-order valence-electron chi connectivity index (χ0n) is 5.80. The Balaban J connectivity index is 2.39. The minimum absolute atomic E-state index is 0.633. The molecule has 60 valence electrons. The first kappa shape index (κ1) is 8.81. The molecular weight excluding hydrogens is 183 g/mol. The van der Waals surface area contributed by atoms with Gasteiger partial charge in [-0.15, -0.1) is 0 Å². The average Bonchev–Trinajstić information content (AvgIpc) is 2.03. The summed E-state index contributed by atoms with van der Waals surface area (Å²) in [5.41, 5.74) is 3.86. The predicted molar refractivity (Wildman–Crippen MR) is 46.8 cm³/mol. The molecule has 1 aromatic carbocycles. The molecule has 1 aromatic rings. The summed E-state index contributed by atoms with van der Waals surface area (Å²) in [4.78, 5) is 0. The summed E-state index contributed by atoms with van der Waals surface area (Å²) >= 11 is 10.6. The number of nitrogens with one attached hydrogen (secondary N) is 1. The monoisotopic (exact) mass is 190 g/mol. The van der Waals surface area contributed by atoms with Gasteiger partial charge in [0.05, 0.1) is 0 Å². The van der Waals surface area contributed by atoms with Crippen LogP contribution in [0.4, 0.5) is 0 Å². The lowest BCUT2D eigenvalue weighted by molar-refractivity contribution is 0.503. The van der Waals surface area contributed by atoms with E-state index in [0.29, 0.717) is 6.54 Å². The minimum Gasteiger partial charge on any atom is -0.222 e. The molecule has 4 heteroatoms. The van der Waals surface area contributed by atoms with Crippen LogP contribution in [0.3, 0.4) is 0 Å². The van der Waals surface area contributed by atoms with Crippen molar-refractivity contribution in [1.29, 1.82) is 0 Å². The van der Waals surface area contributed by atoms with E-state index in [0.717, 1.165) is 9.61 Å². The second kappa shape index (κ2) is 4.57. The topological polar surface area (TPSA) is 15.3 Å². The van der Waals surface area contributed by atoms with Crippen LogP contribution >= 0.6 is 23.6 Å². The summed E-state index contributed by atoms with van der Waals surface area (Å²) in [6, 6.07) is 9.87. The lowest BCUT2D eigenvalue weighted by atomic mass is 10.2. The normalized spacial score (nSPS) is 10.5. The van der Waals surface area contributed by atoms with Crippen LogP contribution in [0.25, 0.3) is 0 Å². The SMILES string of the molecule is ClN(Cl)NCc1ccccc1. The van der Waals surface area contributed by atoms with Gasteiger partial charge >= 0.3 is 0 Å². The molecule has 1 N–H and O–H groups in total. The Morgan fingerprint density at radius 2 is 1.82 bits per heavy atom. The van der Waals surface area contributed by atoms with Crippen molar-refractivity contribution in [3.63, 3.8) is 0 Å². The molecule has 0 aliphatic heterocycles. The van der Waals surface area contributed by atoms with Crippen LogP contribution in [-0.2, 0) is 6.54 Å². The van der Waals surface area contributed by atoms with Crippen LogP contribution in [0.15, 0.2) is 30.3 Å². The van der Waals surface area contributed by atoms with E-state index in [4.69, 9.17) is 23.6 Å². The summed E-state index contributed by atoms with van der Waals surface area (Å²) in [6.07, 6.45) is 0. The second-order valence-electron chi connectivity index (χ2n) is 2.05. The van der Waals surface area contributed by atoms with Crippen molar-refractivity contribution in [2.45, 2.75) is 6.54 Å². The Bertz CT molecular complexity index is 201. The highest BCUT2D eigenvalue weighted by molar-refractivity contribution is 6.33. The van der Waals surface area contributed by atoms with Crippen molar-refractivity contribution >= 4 is 23.6 Å². The smallest absolute Gasteiger partial charge is 0.0378 e. The van der Waals surface area contributed by atoms with Gasteiger partial charge in [0.25, 0.3) is 0 Å². The Hall–Kier alpha value is -0.280. The van der Waals surface area contributed by atoms with E-state index >= 15 is 0 Å². The lowest BCUT2D eigenvalue weighted by Crippen LogP contribution is -2.20. The third-order valence-corrected chi connectivity index (χ3v) is 1.48. The minimum atomic E-state index is 0.633. The van der Waals surface area contributed by atoms with Crippen molar-refractivity contribution in [2.24, 2.45) is 0 Å². The average molecular weight is 191 g/mol. The highest BCUT2D eigenvalue weighted by Crippen LogP contribution is 1.99. The highest BCUT2D eigenvalue weighted by atomic mass is 35.5. The van der Waals surface area contributed by atoms with E-state index < -0.39 is 0 Å². The van der Waals surface area contributed by atoms with Crippen LogP contribution in [-0.4, -0.2) is 4.05 Å². The number of hydrogen-bond acceptors (Lipinski definition) is 2. The Labute approximate surface area is 75.9 Å². The molecule has 1 rings (SSSR count). The van der Waals surface area contributed by atoms with E-state index in [1.807, 2.05) is 30.3 Å². The maximum Gasteiger partial charge on any atom is 0.0378 e. The summed E-state index contributed by atoms with van der Waals surface area (Å²) in [5, 5.41) is 0. The van der Waals surface area contributed by atoms with Crippen molar-refractivity contribution in [3.05, 3.63) is 35.9 Å². The largest absolute Gasteiger partial charge is 0.222 e. The Kier molecular flexibility index (Phi) is 3.66. The molecule has 0 bridgehead atoms. The number of nitrogens with zero attached hydrogens (tertiary/aromatic N) is 1. The zero-order chi connectivity index (χ0) is 8.10. The highest BCUT2D eigenvalue weighted by Gasteiger charge is 1.93. The molecule has 0 aromatic heterocycles. The number of rotatable bonds is 3. The summed E-state index contributed by atoms with van der Waals surface area (Å²) in [6.45, 7) is 0.633. The van der Waals surface area contributed by atoms with Gasteiger partial charge in [-0.25, -0.2) is 5.43 Å². The first-order valence-electron chi connectivity index (χ1n) is 3.18. The van der Waals surface area contributed by atoms with Crippen LogP contribution in [0.5, 0.6) is 0 Å². The van der Waals surface area contributed by atoms with Crippen molar-refractivity contribution in [1.82, 2.24) is 9.47 Å². The van der Waals surface area contributed by atoms with Gasteiger partial charge in [0, 0.05) is 30.1 Å². The Morgan fingerprint density at radius 3 is 2.36 bits per heavy atom. The van der Waals surface area contributed by atoms with Gasteiger partial charge in [-0.3, -0.25) is 0 Å². The summed E-state index contributed by atoms with van der Waals surface area (Å²) in [7, 11) is 0. The van der Waals surface area contributed by atoms with E-state index in [-0.39, 0.29) is 0 Å². The predicted octanol–water partition coefficient (Wildman–Crippen LogP) is 2.30. The van der Waals surface area contributed by atoms with Crippen molar-refractivity contribution < 1.29 is 0 Å². The molecule has 0 radical (unpaired) electrons. The van der Waals surface area contributed by atoms with Crippen LogP contribution in [0.1, 0.15) is 5.56 Å². The molecule has 0 saturated heterocycles. The number of benzene rings is 1. The van der Waals surface area contributed by atoms with Gasteiger partial charge in [-0.2, -0.15) is 0 Å². The van der Waals surface area contributed by atoms with E-state index in [1.54, 1.807) is 0 Å². The molecule has 0 saturated carbocycles. The number of halogens is 2. The van der Waals surface area contributed by atoms with Gasteiger partial charge in [0.2, 0.25) is 0 Å². The molecule has 0 atom stereocenters. The van der Waals surface area contributed by atoms with E-state index in [1.165, 1.54) is 0 Å². The molecule has 0 spiro atoms. The maximum atomic E-state index is 5.32. The summed E-state index contributed by atoms with van der Waals surface area (Å²) in [5.74, 6) is 0.